The van der Waals surface area contributed by atoms with E-state index in [1.54, 1.807) is 0 Å². The van der Waals surface area contributed by atoms with Crippen molar-refractivity contribution >= 4 is 21.5 Å². The Labute approximate surface area is 371 Å². The minimum absolute atomic E-state index is 0.0869. The Bertz CT molecular complexity index is 2470. The Morgan fingerprint density at radius 1 is 0.371 bits per heavy atom. The highest BCUT2D eigenvalue weighted by molar-refractivity contribution is 6.11. The van der Waals surface area contributed by atoms with Gasteiger partial charge in [0.25, 0.3) is 0 Å². The van der Waals surface area contributed by atoms with Gasteiger partial charge in [-0.25, -0.2) is 0 Å². The van der Waals surface area contributed by atoms with Crippen molar-refractivity contribution in [2.75, 3.05) is 13.2 Å². The number of hydrogen-bond donors (Lipinski definition) is 0. The van der Waals surface area contributed by atoms with E-state index < -0.39 is 11.2 Å². The van der Waals surface area contributed by atoms with E-state index in [9.17, 15) is 0 Å². The van der Waals surface area contributed by atoms with Gasteiger partial charge in [-0.3, -0.25) is 0 Å². The standard InChI is InChI=1S/C60H66O2/c1-9-11-13-23-37-61-59(51-29-19-15-25-43(51)44-26-16-20-30-52(44)59)55-47-35-33-42(58(6,7)8)40-50(47)56(48-36-34-41(39-49(48)55)57(3,4)5)60(62-38-24-14-12-10-2)53-31-21-17-27-45(53)46-28-18-22-32-54(46)60/h15-22,25-36,39-40H,9-14,23-24,37-38H2,1-8H3. The van der Waals surface area contributed by atoms with E-state index in [0.29, 0.717) is 13.2 Å². The van der Waals surface area contributed by atoms with Gasteiger partial charge in [0.1, 0.15) is 11.2 Å². The van der Waals surface area contributed by atoms with Crippen LogP contribution in [0.15, 0.2) is 133 Å². The van der Waals surface area contributed by atoms with E-state index in [1.807, 2.05) is 0 Å². The van der Waals surface area contributed by atoms with E-state index >= 15 is 0 Å². The third-order valence-electron chi connectivity index (χ3n) is 14.0. The molecule has 2 nitrogen and oxygen atoms in total. The Morgan fingerprint density at radius 2 is 0.694 bits per heavy atom. The smallest absolute Gasteiger partial charge is 0.146 e. The summed E-state index contributed by atoms with van der Waals surface area (Å²) in [6.07, 6.45) is 9.11. The Morgan fingerprint density at radius 3 is 1.00 bits per heavy atom. The van der Waals surface area contributed by atoms with Gasteiger partial charge in [-0.15, -0.1) is 0 Å². The maximum atomic E-state index is 7.79. The van der Waals surface area contributed by atoms with Gasteiger partial charge >= 0.3 is 0 Å². The molecule has 2 aliphatic rings. The fourth-order valence-electron chi connectivity index (χ4n) is 10.8. The molecule has 0 radical (unpaired) electrons. The summed E-state index contributed by atoms with van der Waals surface area (Å²) in [5.41, 5.74) is 13.1. The second-order valence-electron chi connectivity index (χ2n) is 20.1. The highest BCUT2D eigenvalue weighted by Crippen LogP contribution is 2.61. The first-order chi connectivity index (χ1) is 30.0. The van der Waals surface area contributed by atoms with E-state index in [2.05, 4.69) is 189 Å². The second-order valence-corrected chi connectivity index (χ2v) is 20.1. The molecule has 0 atom stereocenters. The molecule has 0 fully saturated rings. The summed E-state index contributed by atoms with van der Waals surface area (Å²) in [4.78, 5) is 0. The van der Waals surface area contributed by atoms with Crippen LogP contribution in [0.5, 0.6) is 0 Å². The van der Waals surface area contributed by atoms with Crippen molar-refractivity contribution in [1.82, 2.24) is 0 Å². The van der Waals surface area contributed by atoms with Crippen molar-refractivity contribution < 1.29 is 9.47 Å². The molecule has 0 amide bonds. The van der Waals surface area contributed by atoms with Gasteiger partial charge in [0.15, 0.2) is 0 Å². The Balaban J connectivity index is 1.49. The van der Waals surface area contributed by atoms with Gasteiger partial charge in [0.2, 0.25) is 0 Å². The van der Waals surface area contributed by atoms with Crippen molar-refractivity contribution in [3.63, 3.8) is 0 Å². The lowest BCUT2D eigenvalue weighted by atomic mass is 9.71. The summed E-state index contributed by atoms with van der Waals surface area (Å²) < 4.78 is 15.6. The molecule has 0 aromatic heterocycles. The molecule has 0 saturated heterocycles. The highest BCUT2D eigenvalue weighted by Gasteiger charge is 2.51. The topological polar surface area (TPSA) is 18.5 Å². The first kappa shape index (κ1) is 42.3. The zero-order valence-corrected chi connectivity index (χ0v) is 38.6. The molecular weight excluding hydrogens is 753 g/mol. The quantitative estimate of drug-likeness (QED) is 0.0804. The number of hydrogen-bond acceptors (Lipinski definition) is 2. The molecule has 318 valence electrons. The molecule has 2 heteroatoms. The summed E-state index contributed by atoms with van der Waals surface area (Å²) in [6, 6.07) is 50.9. The molecular formula is C60H66O2. The number of fused-ring (bicyclic) bond motifs is 8. The fraction of sp³-hybridized carbons (Fsp3) is 0.367. The van der Waals surface area contributed by atoms with Crippen LogP contribution in [-0.4, -0.2) is 13.2 Å². The van der Waals surface area contributed by atoms with Crippen LogP contribution in [0.4, 0.5) is 0 Å². The van der Waals surface area contributed by atoms with E-state index in [1.165, 1.54) is 114 Å². The van der Waals surface area contributed by atoms with Crippen molar-refractivity contribution in [3.05, 3.63) is 178 Å². The third kappa shape index (κ3) is 6.85. The van der Waals surface area contributed by atoms with E-state index in [-0.39, 0.29) is 10.8 Å². The minimum Gasteiger partial charge on any atom is -0.361 e. The van der Waals surface area contributed by atoms with E-state index in [0.717, 1.165) is 25.7 Å². The summed E-state index contributed by atoms with van der Waals surface area (Å²) in [5, 5.41) is 4.92. The first-order valence-electron chi connectivity index (χ1n) is 23.7. The molecule has 0 saturated carbocycles. The summed E-state index contributed by atoms with van der Waals surface area (Å²) in [7, 11) is 0. The lowest BCUT2D eigenvalue weighted by molar-refractivity contribution is 0.0143. The van der Waals surface area contributed by atoms with Crippen LogP contribution >= 0.6 is 0 Å². The van der Waals surface area contributed by atoms with Crippen LogP contribution in [0.2, 0.25) is 0 Å². The molecule has 9 rings (SSSR count). The molecule has 0 aliphatic heterocycles. The number of ether oxygens (including phenoxy) is 2. The van der Waals surface area contributed by atoms with Gasteiger partial charge in [-0.2, -0.15) is 0 Å². The number of rotatable bonds is 14. The first-order valence-corrected chi connectivity index (χ1v) is 23.7. The average Bonchev–Trinajstić information content (AvgIpc) is 3.72. The van der Waals surface area contributed by atoms with Crippen LogP contribution in [0.3, 0.4) is 0 Å². The normalized spacial score (nSPS) is 14.8. The fourth-order valence-corrected chi connectivity index (χ4v) is 10.8. The predicted molar refractivity (Wildman–Crippen MR) is 263 cm³/mol. The van der Waals surface area contributed by atoms with Crippen LogP contribution < -0.4 is 0 Å². The lowest BCUT2D eigenvalue weighted by Crippen LogP contribution is -2.34. The lowest BCUT2D eigenvalue weighted by Gasteiger charge is -2.39. The van der Waals surface area contributed by atoms with Crippen molar-refractivity contribution in [3.8, 4) is 22.3 Å². The molecule has 0 bridgehead atoms. The molecule has 0 N–H and O–H groups in total. The predicted octanol–water partition coefficient (Wildman–Crippen LogP) is 16.3. The number of unbranched alkanes of at least 4 members (excludes halogenated alkanes) is 6. The maximum Gasteiger partial charge on any atom is 0.146 e. The zero-order valence-electron chi connectivity index (χ0n) is 38.6. The summed E-state index contributed by atoms with van der Waals surface area (Å²) >= 11 is 0. The van der Waals surface area contributed by atoms with Crippen molar-refractivity contribution in [2.24, 2.45) is 0 Å². The van der Waals surface area contributed by atoms with Crippen molar-refractivity contribution in [2.45, 2.75) is 129 Å². The van der Waals surface area contributed by atoms with Crippen LogP contribution in [0.25, 0.3) is 43.8 Å². The minimum atomic E-state index is -0.853. The van der Waals surface area contributed by atoms with Gasteiger partial charge in [-0.1, -0.05) is 227 Å². The highest BCUT2D eigenvalue weighted by atomic mass is 16.5. The summed E-state index contributed by atoms with van der Waals surface area (Å²) in [5.74, 6) is 0. The maximum absolute atomic E-state index is 7.79. The monoisotopic (exact) mass is 819 g/mol. The molecule has 7 aromatic carbocycles. The van der Waals surface area contributed by atoms with Crippen molar-refractivity contribution in [1.29, 1.82) is 0 Å². The number of benzene rings is 7. The third-order valence-corrected chi connectivity index (χ3v) is 14.0. The Kier molecular flexibility index (Phi) is 11.3. The largest absolute Gasteiger partial charge is 0.361 e. The molecule has 2 aliphatic carbocycles. The van der Waals surface area contributed by atoms with Gasteiger partial charge < -0.3 is 9.47 Å². The zero-order chi connectivity index (χ0) is 43.3. The Hall–Kier alpha value is -5.02. The average molecular weight is 819 g/mol. The summed E-state index contributed by atoms with van der Waals surface area (Å²) in [6.45, 7) is 20.0. The molecule has 0 unspecified atom stereocenters. The van der Waals surface area contributed by atoms with Gasteiger partial charge in [-0.05, 0) is 78.6 Å². The molecule has 62 heavy (non-hydrogen) atoms. The molecule has 0 heterocycles. The molecule has 0 spiro atoms. The SMILES string of the molecule is CCCCCCOC1(c2c3ccc(C(C)(C)C)cc3c(C3(OCCCCCC)c4ccccc4-c4ccccc43)c3ccc(C(C)(C)C)cc23)c2ccccc2-c2ccccc21. The van der Waals surface area contributed by atoms with Crippen LogP contribution in [0.1, 0.15) is 151 Å². The molecule has 7 aromatic rings. The van der Waals surface area contributed by atoms with Crippen LogP contribution in [-0.2, 0) is 31.5 Å². The van der Waals surface area contributed by atoms with Gasteiger partial charge in [0, 0.05) is 46.6 Å². The van der Waals surface area contributed by atoms with Crippen LogP contribution in [0, 0.1) is 0 Å². The van der Waals surface area contributed by atoms with Gasteiger partial charge in [0.05, 0.1) is 0 Å². The van der Waals surface area contributed by atoms with E-state index in [4.69, 9.17) is 9.47 Å². The second kappa shape index (κ2) is 16.6.